The maximum Gasteiger partial charge on any atom is 0.145 e. The topological polar surface area (TPSA) is 29.4 Å². The second-order valence-corrected chi connectivity index (χ2v) is 8.05. The lowest BCUT2D eigenvalue weighted by atomic mass is 10.1. The smallest absolute Gasteiger partial charge is 0.145 e. The Morgan fingerprint density at radius 1 is 1.53 bits per heavy atom. The minimum absolute atomic E-state index is 0.00165. The molecule has 0 amide bonds. The van der Waals surface area contributed by atoms with E-state index in [9.17, 15) is 8.60 Å². The van der Waals surface area contributed by atoms with Crippen LogP contribution in [0.15, 0.2) is 28.5 Å². The van der Waals surface area contributed by atoms with Crippen molar-refractivity contribution in [3.05, 3.63) is 24.1 Å². The summed E-state index contributed by atoms with van der Waals surface area (Å²) in [6.45, 7) is 12.2. The molecule has 0 spiro atoms. The Morgan fingerprint density at radius 3 is 2.29 bits per heavy atom. The fourth-order valence-electron chi connectivity index (χ4n) is 0.947. The molecule has 0 saturated heterocycles. The lowest BCUT2D eigenvalue weighted by molar-refractivity contribution is 0.650. The molecule has 2 unspecified atom stereocenters. The van der Waals surface area contributed by atoms with E-state index in [0.717, 1.165) is 0 Å². The molecule has 0 saturated carbocycles. The fraction of sp³-hybridized carbons (Fsp3) is 0.583. The number of alkyl halides is 1. The Kier molecular flexibility index (Phi) is 6.48. The Bertz CT molecular complexity index is 380. The third-order valence-electron chi connectivity index (χ3n) is 1.82. The van der Waals surface area contributed by atoms with Gasteiger partial charge in [-0.3, -0.25) is 0 Å². The predicted molar refractivity (Wildman–Crippen MR) is 77.7 cm³/mol. The number of allylic oxidation sites excluding steroid dienone is 3. The minimum atomic E-state index is -1.40. The van der Waals surface area contributed by atoms with Crippen molar-refractivity contribution in [3.63, 3.8) is 0 Å². The highest BCUT2D eigenvalue weighted by Crippen LogP contribution is 2.18. The van der Waals surface area contributed by atoms with Gasteiger partial charge in [0, 0.05) is 10.4 Å². The minimum Gasteiger partial charge on any atom is -0.234 e. The molecule has 0 aliphatic rings. The van der Waals surface area contributed by atoms with E-state index in [0.29, 0.717) is 11.3 Å². The molecular weight excluding hydrogens is 305 g/mol. The zero-order valence-corrected chi connectivity index (χ0v) is 13.3. The predicted octanol–water partition coefficient (Wildman–Crippen LogP) is 4.10. The van der Waals surface area contributed by atoms with E-state index < -0.39 is 21.6 Å². The van der Waals surface area contributed by atoms with E-state index >= 15 is 0 Å². The van der Waals surface area contributed by atoms with Gasteiger partial charge < -0.3 is 0 Å². The molecule has 0 N–H and O–H groups in total. The molecule has 0 aliphatic carbocycles. The van der Waals surface area contributed by atoms with Crippen LogP contribution in [0.5, 0.6) is 0 Å². The van der Waals surface area contributed by atoms with Crippen molar-refractivity contribution in [3.8, 4) is 0 Å². The average molecular weight is 324 g/mol. The molecule has 0 radical (unpaired) electrons. The number of hydrogen-bond donors (Lipinski definition) is 0. The standard InChI is InChI=1S/C12H19BrFNOS/c1-8(13)7-11(9(2)14)10(3)15-17(16)12(4,5)6/h7-8H,2H2,1,3-6H3/b11-7+,15-10?. The van der Waals surface area contributed by atoms with Gasteiger partial charge in [-0.2, -0.15) is 4.40 Å². The molecule has 0 bridgehead atoms. The SMILES string of the molecule is C=C(F)/C(=C\C(C)Br)C(C)=NS(=O)C(C)(C)C. The van der Waals surface area contributed by atoms with Gasteiger partial charge in [0.1, 0.15) is 16.8 Å². The molecule has 0 fully saturated rings. The number of hydrogen-bond acceptors (Lipinski definition) is 1. The van der Waals surface area contributed by atoms with Crippen molar-refractivity contribution in [2.24, 2.45) is 4.40 Å². The van der Waals surface area contributed by atoms with Crippen LogP contribution >= 0.6 is 15.9 Å². The molecule has 0 aromatic carbocycles. The molecule has 98 valence electrons. The quantitative estimate of drug-likeness (QED) is 0.435. The molecule has 0 aromatic rings. The van der Waals surface area contributed by atoms with E-state index in [1.54, 1.807) is 13.0 Å². The lowest BCUT2D eigenvalue weighted by Crippen LogP contribution is -2.21. The molecular formula is C12H19BrFNOS. The van der Waals surface area contributed by atoms with Crippen LogP contribution in [-0.2, 0) is 11.0 Å². The van der Waals surface area contributed by atoms with Crippen molar-refractivity contribution in [1.82, 2.24) is 0 Å². The van der Waals surface area contributed by atoms with Crippen LogP contribution in [0.1, 0.15) is 34.6 Å². The average Bonchev–Trinajstić information content (AvgIpc) is 2.11. The van der Waals surface area contributed by atoms with E-state index in [4.69, 9.17) is 0 Å². The van der Waals surface area contributed by atoms with Crippen molar-refractivity contribution in [2.45, 2.75) is 44.2 Å². The van der Waals surface area contributed by atoms with Gasteiger partial charge in [-0.1, -0.05) is 28.6 Å². The summed E-state index contributed by atoms with van der Waals surface area (Å²) < 4.78 is 28.6. The molecule has 0 rings (SSSR count). The van der Waals surface area contributed by atoms with Crippen molar-refractivity contribution < 1.29 is 8.60 Å². The first-order valence-corrected chi connectivity index (χ1v) is 7.26. The first-order valence-electron chi connectivity index (χ1n) is 5.24. The van der Waals surface area contributed by atoms with Gasteiger partial charge in [0.15, 0.2) is 0 Å². The van der Waals surface area contributed by atoms with Gasteiger partial charge in [0.2, 0.25) is 0 Å². The molecule has 0 aliphatic heterocycles. The summed E-state index contributed by atoms with van der Waals surface area (Å²) in [6, 6.07) is 0. The molecule has 5 heteroatoms. The van der Waals surface area contributed by atoms with Crippen LogP contribution in [0, 0.1) is 0 Å². The van der Waals surface area contributed by atoms with Crippen LogP contribution in [0.3, 0.4) is 0 Å². The number of rotatable bonds is 4. The largest absolute Gasteiger partial charge is 0.234 e. The highest BCUT2D eigenvalue weighted by molar-refractivity contribution is 9.09. The summed E-state index contributed by atoms with van der Waals surface area (Å²) in [6.07, 6.45) is 1.65. The monoisotopic (exact) mass is 323 g/mol. The molecule has 2 nitrogen and oxygen atoms in total. The van der Waals surface area contributed by atoms with Gasteiger partial charge in [-0.05, 0) is 34.6 Å². The summed E-state index contributed by atoms with van der Waals surface area (Å²) in [5.41, 5.74) is 0.698. The second-order valence-electron chi connectivity index (χ2n) is 4.70. The summed E-state index contributed by atoms with van der Waals surface area (Å²) in [4.78, 5) is -0.00165. The number of halogens is 2. The van der Waals surface area contributed by atoms with Gasteiger partial charge in [0.05, 0.1) is 10.5 Å². The fourth-order valence-corrected chi connectivity index (χ4v) is 1.83. The summed E-state index contributed by atoms with van der Waals surface area (Å²) in [5, 5.41) is 0. The maximum absolute atomic E-state index is 13.3. The van der Waals surface area contributed by atoms with Gasteiger partial charge in [0.25, 0.3) is 0 Å². The molecule has 0 heterocycles. The normalized spacial score (nSPS) is 17.8. The highest BCUT2D eigenvalue weighted by Gasteiger charge is 2.20. The highest BCUT2D eigenvalue weighted by atomic mass is 79.9. The summed E-state index contributed by atoms with van der Waals surface area (Å²) in [5.74, 6) is -0.566. The zero-order chi connectivity index (χ0) is 13.8. The van der Waals surface area contributed by atoms with Gasteiger partial charge >= 0.3 is 0 Å². The maximum atomic E-state index is 13.3. The summed E-state index contributed by atoms with van der Waals surface area (Å²) in [7, 11) is -1.40. The van der Waals surface area contributed by atoms with E-state index in [1.165, 1.54) is 0 Å². The Morgan fingerprint density at radius 2 is 2.00 bits per heavy atom. The van der Waals surface area contributed by atoms with E-state index in [1.807, 2.05) is 27.7 Å². The molecule has 0 aromatic heterocycles. The van der Waals surface area contributed by atoms with Crippen LogP contribution in [0.2, 0.25) is 0 Å². The van der Waals surface area contributed by atoms with Crippen molar-refractivity contribution in [2.75, 3.05) is 0 Å². The number of nitrogens with zero attached hydrogens (tertiary/aromatic N) is 1. The van der Waals surface area contributed by atoms with E-state index in [2.05, 4.69) is 26.9 Å². The van der Waals surface area contributed by atoms with Crippen molar-refractivity contribution >= 4 is 32.6 Å². The third-order valence-corrected chi connectivity index (χ3v) is 3.57. The van der Waals surface area contributed by atoms with E-state index in [-0.39, 0.29) is 4.83 Å². The Hall–Kier alpha value is -0.290. The lowest BCUT2D eigenvalue weighted by Gasteiger charge is -2.14. The van der Waals surface area contributed by atoms with Crippen molar-refractivity contribution in [1.29, 1.82) is 0 Å². The first kappa shape index (κ1) is 16.7. The summed E-state index contributed by atoms with van der Waals surface area (Å²) >= 11 is 3.30. The Labute approximate surface area is 114 Å². The molecule has 2 atom stereocenters. The third kappa shape index (κ3) is 6.27. The van der Waals surface area contributed by atoms with Crippen LogP contribution < -0.4 is 0 Å². The Balaban J connectivity index is 5.25. The zero-order valence-electron chi connectivity index (χ0n) is 10.9. The molecule has 17 heavy (non-hydrogen) atoms. The second kappa shape index (κ2) is 6.59. The van der Waals surface area contributed by atoms with Crippen LogP contribution in [0.4, 0.5) is 4.39 Å². The van der Waals surface area contributed by atoms with Crippen LogP contribution in [0.25, 0.3) is 0 Å². The van der Waals surface area contributed by atoms with Gasteiger partial charge in [-0.15, -0.1) is 0 Å². The van der Waals surface area contributed by atoms with Gasteiger partial charge in [-0.25, -0.2) is 8.60 Å². The first-order chi connectivity index (χ1) is 7.55. The van der Waals surface area contributed by atoms with Crippen LogP contribution in [-0.4, -0.2) is 19.5 Å².